The summed E-state index contributed by atoms with van der Waals surface area (Å²) in [6.45, 7) is 8.84. The minimum atomic E-state index is -1.15. The summed E-state index contributed by atoms with van der Waals surface area (Å²) in [5, 5.41) is 31.4. The number of hydrogen-bond donors (Lipinski definition) is 2. The summed E-state index contributed by atoms with van der Waals surface area (Å²) in [6, 6.07) is 0. The van der Waals surface area contributed by atoms with Gasteiger partial charge in [0.15, 0.2) is 0 Å². The lowest BCUT2D eigenvalue weighted by atomic mass is 9.96. The summed E-state index contributed by atoms with van der Waals surface area (Å²) in [7, 11) is 0. The lowest BCUT2D eigenvalue weighted by molar-refractivity contribution is -0.934. The van der Waals surface area contributed by atoms with Gasteiger partial charge in [-0.05, 0) is 32.1 Å². The van der Waals surface area contributed by atoms with Crippen molar-refractivity contribution in [3.63, 3.8) is 0 Å². The molecule has 3 unspecified atom stereocenters. The Bertz CT molecular complexity index is 662. The highest BCUT2D eigenvalue weighted by atomic mass is 16.4. The van der Waals surface area contributed by atoms with E-state index < -0.39 is 35.7 Å². The molecule has 0 aromatic heterocycles. The first-order chi connectivity index (χ1) is 19.7. The average Bonchev–Trinajstić information content (AvgIpc) is 2.94. The summed E-state index contributed by atoms with van der Waals surface area (Å²) < 4.78 is 0.172. The number of nitrogens with zero attached hydrogens (tertiary/aromatic N) is 1. The van der Waals surface area contributed by atoms with Crippen molar-refractivity contribution < 1.29 is 34.2 Å². The Morgan fingerprint density at radius 1 is 0.585 bits per heavy atom. The second kappa shape index (κ2) is 24.7. The van der Waals surface area contributed by atoms with Gasteiger partial charge in [-0.3, -0.25) is 9.59 Å². The molecule has 0 saturated carbocycles. The van der Waals surface area contributed by atoms with Gasteiger partial charge in [0, 0.05) is 12.3 Å². The van der Waals surface area contributed by atoms with E-state index in [1.807, 2.05) is 13.8 Å². The number of rotatable bonds is 29. The Morgan fingerprint density at radius 3 is 1.32 bits per heavy atom. The van der Waals surface area contributed by atoms with Crippen molar-refractivity contribution in [3.05, 3.63) is 12.2 Å². The van der Waals surface area contributed by atoms with E-state index in [4.69, 9.17) is 0 Å². The molecule has 0 aromatic rings. The number of carbonyl (C=O) groups excluding carboxylic acids is 1. The van der Waals surface area contributed by atoms with E-state index in [0.29, 0.717) is 32.2 Å². The molecule has 2 N–H and O–H groups in total. The predicted octanol–water partition coefficient (Wildman–Crippen LogP) is 7.23. The fourth-order valence-electron chi connectivity index (χ4n) is 5.90. The van der Waals surface area contributed by atoms with Crippen LogP contribution in [0.25, 0.3) is 0 Å². The van der Waals surface area contributed by atoms with Crippen LogP contribution in [0.1, 0.15) is 143 Å². The Kier molecular flexibility index (Phi) is 23.5. The number of unbranched alkanes of at least 4 members (excludes halogenated alkanes) is 13. The van der Waals surface area contributed by atoms with Gasteiger partial charge in [-0.25, -0.2) is 0 Å². The third kappa shape index (κ3) is 19.0. The van der Waals surface area contributed by atoms with Gasteiger partial charge < -0.3 is 24.6 Å². The van der Waals surface area contributed by atoms with Crippen LogP contribution in [0.3, 0.4) is 0 Å². The van der Waals surface area contributed by atoms with E-state index >= 15 is 0 Å². The smallest absolute Gasteiger partial charge is 0.312 e. The number of aliphatic carboxylic acids is 3. The zero-order valence-electron chi connectivity index (χ0n) is 26.9. The number of carboxylic acids is 3. The van der Waals surface area contributed by atoms with Gasteiger partial charge in [0.05, 0.1) is 32.1 Å². The molecule has 0 aliphatic rings. The third-order valence-corrected chi connectivity index (χ3v) is 8.74. The average molecular weight is 582 g/mol. The molecule has 0 saturated heterocycles. The third-order valence-electron chi connectivity index (χ3n) is 8.74. The minimum absolute atomic E-state index is 0.172. The summed E-state index contributed by atoms with van der Waals surface area (Å²) in [6.07, 6.45) is 24.4. The molecule has 0 fully saturated rings. The maximum atomic E-state index is 12.0. The normalized spacial score (nSPS) is 15.4. The molecule has 0 aliphatic heterocycles. The Morgan fingerprint density at radius 2 is 0.951 bits per heavy atom. The van der Waals surface area contributed by atoms with Crippen LogP contribution in [-0.2, 0) is 14.4 Å². The Balaban J connectivity index is 4.86. The second-order valence-corrected chi connectivity index (χ2v) is 12.2. The van der Waals surface area contributed by atoms with Crippen molar-refractivity contribution in [1.29, 1.82) is 0 Å². The SMILES string of the molecule is CCCCCCCCCCCCCCC/C=C/CC[N+](CC(CC)C(=O)[O-])(CC(CC)C(=O)O)CC(CC)C(=O)O. The Hall–Kier alpha value is -1.89. The fraction of sp³-hybridized carbons (Fsp3) is 0.853. The zero-order valence-corrected chi connectivity index (χ0v) is 26.9. The molecule has 0 aliphatic carbocycles. The molecule has 0 amide bonds. The van der Waals surface area contributed by atoms with Gasteiger partial charge in [0.1, 0.15) is 11.8 Å². The highest BCUT2D eigenvalue weighted by Gasteiger charge is 2.38. The maximum absolute atomic E-state index is 12.0. The molecule has 0 spiro atoms. The number of carboxylic acid groups (broad SMARTS) is 3. The molecule has 7 heteroatoms. The standard InChI is InChI=1S/C34H63NO6/c1-5-9-10-11-12-13-14-15-16-17-18-19-20-21-22-23-24-25-35(26-29(6-2)32(36)37,27-30(7-3)33(38)39)28-31(8-4)34(40)41/h22-23,29-31H,5-21,24-28H2,1-4H3,(H2-,36,37,38,39,40,41)/b23-22+. The van der Waals surface area contributed by atoms with Gasteiger partial charge in [-0.2, -0.15) is 0 Å². The molecule has 0 bridgehead atoms. The van der Waals surface area contributed by atoms with E-state index in [-0.39, 0.29) is 24.1 Å². The molecule has 7 nitrogen and oxygen atoms in total. The first-order valence-electron chi connectivity index (χ1n) is 16.8. The topological polar surface area (TPSA) is 115 Å². The minimum Gasteiger partial charge on any atom is -0.550 e. The van der Waals surface area contributed by atoms with Crippen LogP contribution >= 0.6 is 0 Å². The lowest BCUT2D eigenvalue weighted by Crippen LogP contribution is -2.59. The summed E-state index contributed by atoms with van der Waals surface area (Å²) in [5.74, 6) is -5.05. The molecule has 3 atom stereocenters. The van der Waals surface area contributed by atoms with Gasteiger partial charge in [-0.15, -0.1) is 0 Å². The molecule has 0 radical (unpaired) electrons. The van der Waals surface area contributed by atoms with Gasteiger partial charge in [0.2, 0.25) is 0 Å². The summed E-state index contributed by atoms with van der Waals surface area (Å²) in [4.78, 5) is 35.8. The highest BCUT2D eigenvalue weighted by molar-refractivity contribution is 5.70. The molecular formula is C34H63NO6. The quantitative estimate of drug-likeness (QED) is 0.0547. The van der Waals surface area contributed by atoms with Crippen molar-refractivity contribution in [3.8, 4) is 0 Å². The van der Waals surface area contributed by atoms with Crippen LogP contribution in [0.4, 0.5) is 0 Å². The van der Waals surface area contributed by atoms with Gasteiger partial charge >= 0.3 is 11.9 Å². The zero-order chi connectivity index (χ0) is 30.9. The molecule has 41 heavy (non-hydrogen) atoms. The van der Waals surface area contributed by atoms with E-state index in [9.17, 15) is 29.7 Å². The van der Waals surface area contributed by atoms with Crippen molar-refractivity contribution in [1.82, 2.24) is 0 Å². The van der Waals surface area contributed by atoms with Crippen LogP contribution in [0.15, 0.2) is 12.2 Å². The summed E-state index contributed by atoms with van der Waals surface area (Å²) >= 11 is 0. The molecule has 240 valence electrons. The number of carbonyl (C=O) groups is 3. The molecule has 0 heterocycles. The number of allylic oxidation sites excluding steroid dienone is 1. The van der Waals surface area contributed by atoms with Crippen LogP contribution in [0.2, 0.25) is 0 Å². The number of hydrogen-bond acceptors (Lipinski definition) is 4. The molecular weight excluding hydrogens is 518 g/mol. The van der Waals surface area contributed by atoms with E-state index in [2.05, 4.69) is 19.1 Å². The first-order valence-corrected chi connectivity index (χ1v) is 16.8. The van der Waals surface area contributed by atoms with Crippen molar-refractivity contribution in [2.24, 2.45) is 17.8 Å². The van der Waals surface area contributed by atoms with Crippen molar-refractivity contribution in [2.45, 2.75) is 143 Å². The number of quaternary nitrogens is 1. The second-order valence-electron chi connectivity index (χ2n) is 12.2. The maximum Gasteiger partial charge on any atom is 0.312 e. The fourth-order valence-corrected chi connectivity index (χ4v) is 5.90. The van der Waals surface area contributed by atoms with Gasteiger partial charge in [0.25, 0.3) is 0 Å². The van der Waals surface area contributed by atoms with Crippen molar-refractivity contribution in [2.75, 3.05) is 26.2 Å². The van der Waals surface area contributed by atoms with E-state index in [0.717, 1.165) is 12.8 Å². The van der Waals surface area contributed by atoms with E-state index in [1.54, 1.807) is 6.92 Å². The largest absolute Gasteiger partial charge is 0.550 e. The molecule has 0 aromatic carbocycles. The van der Waals surface area contributed by atoms with Crippen LogP contribution in [0, 0.1) is 17.8 Å². The highest BCUT2D eigenvalue weighted by Crippen LogP contribution is 2.24. The predicted molar refractivity (Wildman–Crippen MR) is 165 cm³/mol. The van der Waals surface area contributed by atoms with Crippen LogP contribution in [-0.4, -0.2) is 58.8 Å². The lowest BCUT2D eigenvalue weighted by Gasteiger charge is -2.44. The van der Waals surface area contributed by atoms with Crippen molar-refractivity contribution >= 4 is 17.9 Å². The first kappa shape index (κ1) is 39.1. The van der Waals surface area contributed by atoms with Crippen LogP contribution < -0.4 is 5.11 Å². The summed E-state index contributed by atoms with van der Waals surface area (Å²) in [5.41, 5.74) is 0. The monoisotopic (exact) mass is 581 g/mol. The Labute approximate surface area is 251 Å². The van der Waals surface area contributed by atoms with Gasteiger partial charge in [-0.1, -0.05) is 117 Å². The molecule has 0 rings (SSSR count). The van der Waals surface area contributed by atoms with Crippen LogP contribution in [0.5, 0.6) is 0 Å². The van der Waals surface area contributed by atoms with E-state index in [1.165, 1.54) is 77.0 Å².